The molecule has 0 aliphatic rings. The van der Waals surface area contributed by atoms with Gasteiger partial charge in [0.05, 0.1) is 16.6 Å². The number of fused-ring (bicyclic) bond motifs is 6. The van der Waals surface area contributed by atoms with Crippen molar-refractivity contribution in [3.05, 3.63) is 110 Å². The molecule has 0 bridgehead atoms. The van der Waals surface area contributed by atoms with Crippen LogP contribution in [0.5, 0.6) is 0 Å². The molecule has 0 aliphatic carbocycles. The maximum Gasteiger partial charge on any atom is 0.252 e. The van der Waals surface area contributed by atoms with Gasteiger partial charge in [0.25, 0.3) is 5.91 Å². The first-order valence-corrected chi connectivity index (χ1v) is 13.2. The summed E-state index contributed by atoms with van der Waals surface area (Å²) < 4.78 is 0. The summed E-state index contributed by atoms with van der Waals surface area (Å²) >= 11 is 0. The average molecular weight is 600 g/mol. The third kappa shape index (κ3) is 5.20. The van der Waals surface area contributed by atoms with Gasteiger partial charge >= 0.3 is 0 Å². The molecule has 0 unspecified atom stereocenters. The molecule has 7 aromatic rings. The van der Waals surface area contributed by atoms with E-state index in [0.29, 0.717) is 18.7 Å². The zero-order chi connectivity index (χ0) is 26.2. The van der Waals surface area contributed by atoms with Crippen molar-refractivity contribution in [3.63, 3.8) is 0 Å². The van der Waals surface area contributed by atoms with Crippen LogP contribution in [0.25, 0.3) is 64.9 Å². The van der Waals surface area contributed by atoms with E-state index in [1.165, 1.54) is 21.5 Å². The number of hydrogen-bond acceptors (Lipinski definition) is 3. The Bertz CT molecular complexity index is 1880. The van der Waals surface area contributed by atoms with Crippen LogP contribution in [0.4, 0.5) is 0 Å². The summed E-state index contributed by atoms with van der Waals surface area (Å²) in [6.07, 6.45) is 0. The molecule has 0 spiro atoms. The molecule has 7 rings (SSSR count). The van der Waals surface area contributed by atoms with Gasteiger partial charge in [-0.1, -0.05) is 62.4 Å². The largest absolute Gasteiger partial charge is 0.358 e. The van der Waals surface area contributed by atoms with Gasteiger partial charge in [-0.25, -0.2) is 4.98 Å². The van der Waals surface area contributed by atoms with E-state index in [1.54, 1.807) is 0 Å². The first kappa shape index (κ1) is 29.5. The summed E-state index contributed by atoms with van der Waals surface area (Å²) in [6.45, 7) is 4.80. The molecule has 5 heteroatoms. The van der Waals surface area contributed by atoms with E-state index in [2.05, 4.69) is 90.2 Å². The Balaban J connectivity index is 0.000000905. The van der Waals surface area contributed by atoms with Crippen LogP contribution in [-0.2, 0) is 32.7 Å². The van der Waals surface area contributed by atoms with Crippen molar-refractivity contribution in [3.8, 4) is 0 Å². The Labute approximate surface area is 259 Å². The maximum absolute atomic E-state index is 13.5. The molecular weight excluding hydrogens is 567 g/mol. The molecule has 0 saturated heterocycles. The Morgan fingerprint density at radius 3 is 1.40 bits per heavy atom. The second kappa shape index (κ2) is 12.4. The second-order valence-electron chi connectivity index (χ2n) is 9.36. The van der Waals surface area contributed by atoms with Gasteiger partial charge in [0.1, 0.15) is 0 Å². The summed E-state index contributed by atoms with van der Waals surface area (Å²) in [6, 6.07) is 33.8. The van der Waals surface area contributed by atoms with Gasteiger partial charge in [0.2, 0.25) is 0 Å². The monoisotopic (exact) mass is 599 g/mol. The number of carbonyl (C=O) groups is 1. The van der Waals surface area contributed by atoms with Crippen molar-refractivity contribution in [1.29, 1.82) is 0 Å². The van der Waals surface area contributed by atoms with Gasteiger partial charge in [-0.2, -0.15) is 0 Å². The standard InChI is InChI=1S/C32H23N3O.C2H6.CH3.Y/c33-9-10-34-32(36)31-27-15-23-11-19-5-1-3-7-21(19)13-25(23)17-29(27)35-30-18-26-14-22-8-4-2-6-20(22)12-24(26)16-28(30)31;1-2;;/h1-8,11-18H,9-10,33H2,(H,34,36);1-2H3;1H3;/q;;-1;. The second-order valence-corrected chi connectivity index (χ2v) is 9.36. The molecule has 6 aromatic carbocycles. The first-order valence-electron chi connectivity index (χ1n) is 13.2. The molecule has 0 fully saturated rings. The average Bonchev–Trinajstić information content (AvgIpc) is 2.95. The van der Waals surface area contributed by atoms with Crippen molar-refractivity contribution in [2.75, 3.05) is 13.1 Å². The van der Waals surface area contributed by atoms with Gasteiger partial charge < -0.3 is 18.5 Å². The molecule has 0 saturated carbocycles. The molecule has 1 radical (unpaired) electrons. The normalized spacial score (nSPS) is 10.8. The summed E-state index contributed by atoms with van der Waals surface area (Å²) in [4.78, 5) is 18.6. The fourth-order valence-electron chi connectivity index (χ4n) is 5.34. The number of hydrogen-bond donors (Lipinski definition) is 2. The first-order chi connectivity index (χ1) is 18.7. The van der Waals surface area contributed by atoms with E-state index in [0.717, 1.165) is 43.4 Å². The Morgan fingerprint density at radius 1 is 0.650 bits per heavy atom. The topological polar surface area (TPSA) is 68.0 Å². The molecular formula is C35H32N3OY-. The van der Waals surface area contributed by atoms with Crippen LogP contribution in [0.15, 0.2) is 97.1 Å². The smallest absolute Gasteiger partial charge is 0.252 e. The zero-order valence-electron chi connectivity index (χ0n) is 23.2. The van der Waals surface area contributed by atoms with Crippen molar-refractivity contribution >= 4 is 70.8 Å². The van der Waals surface area contributed by atoms with Crippen LogP contribution < -0.4 is 11.1 Å². The minimum Gasteiger partial charge on any atom is -0.358 e. The molecule has 1 aromatic heterocycles. The van der Waals surface area contributed by atoms with Crippen molar-refractivity contribution in [2.24, 2.45) is 5.73 Å². The zero-order valence-corrected chi connectivity index (χ0v) is 26.0. The van der Waals surface area contributed by atoms with E-state index in [-0.39, 0.29) is 46.0 Å². The number of nitrogens with two attached hydrogens (primary N) is 1. The number of nitrogens with one attached hydrogen (secondary N) is 1. The minimum atomic E-state index is -0.127. The van der Waals surface area contributed by atoms with Crippen LogP contribution in [0.2, 0.25) is 0 Å². The van der Waals surface area contributed by atoms with Gasteiger partial charge in [0.15, 0.2) is 0 Å². The SMILES string of the molecule is CC.NCCNC(=O)c1c2cc3cc4ccccc4cc3cc2nc2cc3cc4ccccc4cc3cc12.[CH3-].[Y]. The van der Waals surface area contributed by atoms with Crippen LogP contribution >= 0.6 is 0 Å². The van der Waals surface area contributed by atoms with E-state index in [4.69, 9.17) is 10.7 Å². The number of amides is 1. The molecule has 0 atom stereocenters. The Morgan fingerprint density at radius 2 is 1.02 bits per heavy atom. The van der Waals surface area contributed by atoms with E-state index < -0.39 is 0 Å². The molecule has 197 valence electrons. The maximum atomic E-state index is 13.5. The van der Waals surface area contributed by atoms with Crippen LogP contribution in [0.3, 0.4) is 0 Å². The third-order valence-electron chi connectivity index (χ3n) is 7.08. The number of nitrogens with zero attached hydrogens (tertiary/aromatic N) is 1. The van der Waals surface area contributed by atoms with Crippen molar-refractivity contribution < 1.29 is 37.5 Å². The minimum absolute atomic E-state index is 0. The Kier molecular flexibility index (Phi) is 9.15. The summed E-state index contributed by atoms with van der Waals surface area (Å²) in [5, 5.41) is 13.8. The summed E-state index contributed by atoms with van der Waals surface area (Å²) in [7, 11) is 0. The summed E-state index contributed by atoms with van der Waals surface area (Å²) in [5.74, 6) is -0.127. The van der Waals surface area contributed by atoms with Gasteiger partial charge in [0, 0.05) is 56.6 Å². The van der Waals surface area contributed by atoms with Crippen LogP contribution in [0, 0.1) is 7.43 Å². The van der Waals surface area contributed by atoms with Crippen molar-refractivity contribution in [2.45, 2.75) is 13.8 Å². The van der Waals surface area contributed by atoms with E-state index in [1.807, 2.05) is 26.0 Å². The fourth-order valence-corrected chi connectivity index (χ4v) is 5.34. The fraction of sp³-hybridized carbons (Fsp3) is 0.114. The predicted octanol–water partition coefficient (Wildman–Crippen LogP) is 8.16. The van der Waals surface area contributed by atoms with E-state index >= 15 is 0 Å². The van der Waals surface area contributed by atoms with Gasteiger partial charge in [-0.3, -0.25) is 4.79 Å². The van der Waals surface area contributed by atoms with Crippen molar-refractivity contribution in [1.82, 2.24) is 10.3 Å². The van der Waals surface area contributed by atoms with Crippen LogP contribution in [0.1, 0.15) is 24.2 Å². The van der Waals surface area contributed by atoms with Crippen LogP contribution in [-0.4, -0.2) is 24.0 Å². The number of aromatic nitrogens is 1. The Hall–Kier alpha value is -3.44. The third-order valence-corrected chi connectivity index (χ3v) is 7.08. The molecule has 1 amide bonds. The molecule has 0 aliphatic heterocycles. The number of benzene rings is 6. The molecule has 1 heterocycles. The molecule has 40 heavy (non-hydrogen) atoms. The van der Waals surface area contributed by atoms with E-state index in [9.17, 15) is 4.79 Å². The van der Waals surface area contributed by atoms with Gasteiger partial charge in [-0.05, 0) is 91.6 Å². The number of carbonyl (C=O) groups excluding carboxylic acids is 1. The molecule has 4 nitrogen and oxygen atoms in total. The number of rotatable bonds is 3. The predicted molar refractivity (Wildman–Crippen MR) is 168 cm³/mol. The summed E-state index contributed by atoms with van der Waals surface area (Å²) in [5.41, 5.74) is 7.97. The molecule has 3 N–H and O–H groups in total. The number of pyridine rings is 1. The van der Waals surface area contributed by atoms with Gasteiger partial charge in [-0.15, -0.1) is 0 Å². The quantitative estimate of drug-likeness (QED) is 0.159.